The molecule has 182 valence electrons. The molecule has 3 aromatic carbocycles. The maximum absolute atomic E-state index is 12.6. The minimum absolute atomic E-state index is 0.239. The monoisotopic (exact) mass is 478 g/mol. The van der Waals surface area contributed by atoms with Crippen molar-refractivity contribution in [1.29, 1.82) is 0 Å². The highest BCUT2D eigenvalue weighted by atomic mass is 16.5. The Labute approximate surface area is 211 Å². The van der Waals surface area contributed by atoms with Gasteiger partial charge in [-0.1, -0.05) is 54.6 Å². The molecule has 0 aliphatic rings. The molecule has 1 unspecified atom stereocenters. The number of benzene rings is 3. The number of rotatable bonds is 9. The molecule has 2 heterocycles. The molecule has 5 rings (SSSR count). The number of carbonyl (C=O) groups excluding carboxylic acids is 1. The molecule has 5 nitrogen and oxygen atoms in total. The van der Waals surface area contributed by atoms with E-state index in [9.17, 15) is 4.79 Å². The minimum atomic E-state index is -0.395. The van der Waals surface area contributed by atoms with Crippen LogP contribution >= 0.6 is 0 Å². The number of esters is 1. The second kappa shape index (κ2) is 10.6. The standard InChI is InChI=1S/C31H30N2O3/c1-22-28(32-30(36-22)24-11-4-3-5-12-24)18-10-14-23-13-8-17-27-25(15-9-16-26(23)27)21-29(31(34)35-2)33-19-6-7-20-33/h3-9,11-13,15-17,19-20,29H,10,14,18,21H2,1-2H3. The van der Waals surface area contributed by atoms with Crippen molar-refractivity contribution in [3.63, 3.8) is 0 Å². The lowest BCUT2D eigenvalue weighted by Crippen LogP contribution is -2.22. The Morgan fingerprint density at radius 2 is 1.58 bits per heavy atom. The number of fused-ring (bicyclic) bond motifs is 1. The van der Waals surface area contributed by atoms with E-state index in [1.54, 1.807) is 0 Å². The van der Waals surface area contributed by atoms with Gasteiger partial charge in [0.1, 0.15) is 11.8 Å². The van der Waals surface area contributed by atoms with Crippen LogP contribution in [0.5, 0.6) is 0 Å². The molecule has 5 aromatic rings. The van der Waals surface area contributed by atoms with Crippen LogP contribution in [0.1, 0.15) is 35.0 Å². The van der Waals surface area contributed by atoms with Crippen molar-refractivity contribution < 1.29 is 13.9 Å². The molecule has 0 saturated heterocycles. The van der Waals surface area contributed by atoms with Crippen LogP contribution in [-0.4, -0.2) is 22.6 Å². The summed E-state index contributed by atoms with van der Waals surface area (Å²) in [7, 11) is 1.44. The summed E-state index contributed by atoms with van der Waals surface area (Å²) >= 11 is 0. The largest absolute Gasteiger partial charge is 0.467 e. The van der Waals surface area contributed by atoms with E-state index in [2.05, 4.69) is 36.4 Å². The van der Waals surface area contributed by atoms with Gasteiger partial charge in [0, 0.05) is 24.4 Å². The number of oxazole rings is 1. The van der Waals surface area contributed by atoms with Gasteiger partial charge >= 0.3 is 5.97 Å². The summed E-state index contributed by atoms with van der Waals surface area (Å²) < 4.78 is 13.0. The van der Waals surface area contributed by atoms with Crippen molar-refractivity contribution >= 4 is 16.7 Å². The number of nitrogens with zero attached hydrogens (tertiary/aromatic N) is 2. The molecule has 1 atom stereocenters. The Morgan fingerprint density at radius 3 is 2.31 bits per heavy atom. The van der Waals surface area contributed by atoms with Crippen molar-refractivity contribution in [2.45, 2.75) is 38.6 Å². The second-order valence-corrected chi connectivity index (χ2v) is 9.04. The Balaban J connectivity index is 1.33. The SMILES string of the molecule is COC(=O)C(Cc1cccc2c(CCCc3nc(-c4ccccc4)oc3C)cccc12)n1cccc1. The average Bonchev–Trinajstić information content (AvgIpc) is 3.58. The minimum Gasteiger partial charge on any atom is -0.467 e. The molecule has 0 aliphatic carbocycles. The summed E-state index contributed by atoms with van der Waals surface area (Å²) in [6.07, 6.45) is 7.16. The zero-order valence-corrected chi connectivity index (χ0v) is 20.7. The normalized spacial score (nSPS) is 12.1. The smallest absolute Gasteiger partial charge is 0.329 e. The highest BCUT2D eigenvalue weighted by Crippen LogP contribution is 2.28. The van der Waals surface area contributed by atoms with Crippen LogP contribution in [0.15, 0.2) is 95.7 Å². The van der Waals surface area contributed by atoms with E-state index in [-0.39, 0.29) is 5.97 Å². The molecule has 0 spiro atoms. The molecule has 0 bridgehead atoms. The second-order valence-electron chi connectivity index (χ2n) is 9.04. The molecule has 0 amide bonds. The summed E-state index contributed by atoms with van der Waals surface area (Å²) in [5, 5.41) is 2.41. The average molecular weight is 479 g/mol. The fourth-order valence-corrected chi connectivity index (χ4v) is 4.86. The van der Waals surface area contributed by atoms with Gasteiger partial charge < -0.3 is 13.7 Å². The Morgan fingerprint density at radius 1 is 0.889 bits per heavy atom. The van der Waals surface area contributed by atoms with E-state index in [4.69, 9.17) is 14.1 Å². The molecule has 0 N–H and O–H groups in total. The molecule has 0 aliphatic heterocycles. The summed E-state index contributed by atoms with van der Waals surface area (Å²) in [5.74, 6) is 1.32. The van der Waals surface area contributed by atoms with Gasteiger partial charge in [-0.15, -0.1) is 0 Å². The number of aromatic nitrogens is 2. The molecule has 36 heavy (non-hydrogen) atoms. The first-order chi connectivity index (χ1) is 17.6. The fourth-order valence-electron chi connectivity index (χ4n) is 4.86. The van der Waals surface area contributed by atoms with Gasteiger partial charge in [0.25, 0.3) is 0 Å². The number of ether oxygens (including phenoxy) is 1. The van der Waals surface area contributed by atoms with Crippen LogP contribution in [0.2, 0.25) is 0 Å². The predicted octanol–water partition coefficient (Wildman–Crippen LogP) is 6.74. The number of aryl methyl sites for hydroxylation is 3. The lowest BCUT2D eigenvalue weighted by Gasteiger charge is -2.18. The Hall–Kier alpha value is -4.12. The van der Waals surface area contributed by atoms with Crippen LogP contribution in [-0.2, 0) is 28.8 Å². The maximum Gasteiger partial charge on any atom is 0.329 e. The van der Waals surface area contributed by atoms with Crippen molar-refractivity contribution in [2.24, 2.45) is 0 Å². The van der Waals surface area contributed by atoms with Crippen LogP contribution in [0.4, 0.5) is 0 Å². The Kier molecular flexibility index (Phi) is 6.99. The van der Waals surface area contributed by atoms with E-state index in [1.807, 2.05) is 66.3 Å². The summed E-state index contributed by atoms with van der Waals surface area (Å²) in [6.45, 7) is 1.99. The quantitative estimate of drug-likeness (QED) is 0.220. The molecule has 5 heteroatoms. The van der Waals surface area contributed by atoms with E-state index in [0.29, 0.717) is 12.3 Å². The molecule has 0 radical (unpaired) electrons. The lowest BCUT2D eigenvalue weighted by atomic mass is 9.94. The van der Waals surface area contributed by atoms with Crippen LogP contribution in [0.3, 0.4) is 0 Å². The summed E-state index contributed by atoms with van der Waals surface area (Å²) in [5.41, 5.74) is 4.45. The highest BCUT2D eigenvalue weighted by molar-refractivity contribution is 5.89. The first kappa shape index (κ1) is 23.6. The van der Waals surface area contributed by atoms with Crippen LogP contribution < -0.4 is 0 Å². The zero-order chi connectivity index (χ0) is 24.9. The van der Waals surface area contributed by atoms with Gasteiger partial charge in [0.05, 0.1) is 12.8 Å². The van der Waals surface area contributed by atoms with Crippen molar-refractivity contribution in [3.05, 3.63) is 114 Å². The van der Waals surface area contributed by atoms with Gasteiger partial charge in [-0.2, -0.15) is 0 Å². The van der Waals surface area contributed by atoms with E-state index < -0.39 is 6.04 Å². The summed E-state index contributed by atoms with van der Waals surface area (Å²) in [4.78, 5) is 17.3. The van der Waals surface area contributed by atoms with E-state index in [0.717, 1.165) is 41.8 Å². The highest BCUT2D eigenvalue weighted by Gasteiger charge is 2.22. The number of hydrogen-bond acceptors (Lipinski definition) is 4. The van der Waals surface area contributed by atoms with Crippen molar-refractivity contribution in [2.75, 3.05) is 7.11 Å². The van der Waals surface area contributed by atoms with Crippen molar-refractivity contribution in [1.82, 2.24) is 9.55 Å². The number of carbonyl (C=O) groups is 1. The third-order valence-electron chi connectivity index (χ3n) is 6.75. The molecule has 0 fully saturated rings. The van der Waals surface area contributed by atoms with Crippen LogP contribution in [0.25, 0.3) is 22.2 Å². The van der Waals surface area contributed by atoms with Crippen molar-refractivity contribution in [3.8, 4) is 11.5 Å². The third-order valence-corrected chi connectivity index (χ3v) is 6.75. The van der Waals surface area contributed by atoms with Gasteiger partial charge in [0.15, 0.2) is 0 Å². The first-order valence-corrected chi connectivity index (χ1v) is 12.4. The lowest BCUT2D eigenvalue weighted by molar-refractivity contribution is -0.144. The molecular formula is C31H30N2O3. The van der Waals surface area contributed by atoms with E-state index in [1.165, 1.54) is 23.4 Å². The van der Waals surface area contributed by atoms with Gasteiger partial charge in [-0.3, -0.25) is 0 Å². The van der Waals surface area contributed by atoms with Gasteiger partial charge in [-0.05, 0) is 72.4 Å². The topological polar surface area (TPSA) is 57.3 Å². The van der Waals surface area contributed by atoms with Gasteiger partial charge in [0.2, 0.25) is 5.89 Å². The molecule has 2 aromatic heterocycles. The summed E-state index contributed by atoms with van der Waals surface area (Å²) in [6, 6.07) is 26.3. The predicted molar refractivity (Wildman–Crippen MR) is 142 cm³/mol. The third kappa shape index (κ3) is 4.96. The van der Waals surface area contributed by atoms with Crippen LogP contribution in [0, 0.1) is 6.92 Å². The van der Waals surface area contributed by atoms with Gasteiger partial charge in [-0.25, -0.2) is 9.78 Å². The molecule has 0 saturated carbocycles. The maximum atomic E-state index is 12.6. The Bertz CT molecular complexity index is 1450. The number of methoxy groups -OCH3 is 1. The van der Waals surface area contributed by atoms with E-state index >= 15 is 0 Å². The fraction of sp³-hybridized carbons (Fsp3) is 0.226. The number of hydrogen-bond donors (Lipinski definition) is 0. The zero-order valence-electron chi connectivity index (χ0n) is 20.7. The first-order valence-electron chi connectivity index (χ1n) is 12.4. The molecular weight excluding hydrogens is 448 g/mol.